The Morgan fingerprint density at radius 1 is 1.42 bits per heavy atom. The van der Waals surface area contributed by atoms with Crippen LogP contribution in [0.1, 0.15) is 31.2 Å². The molecule has 0 aromatic heterocycles. The smallest absolute Gasteiger partial charge is 0.126 e. The standard InChI is InChI=1S/C15H19BrFNO/c16-12-3-4-14(17)11(8-12)9-15(19)5-7-18-6-1-2-13(18)10-15/h3-4,8,13,19H,1-2,5-7,9-10H2. The van der Waals surface area contributed by atoms with E-state index in [2.05, 4.69) is 20.8 Å². The largest absolute Gasteiger partial charge is 0.389 e. The van der Waals surface area contributed by atoms with Gasteiger partial charge in [-0.3, -0.25) is 0 Å². The van der Waals surface area contributed by atoms with Crippen molar-refractivity contribution < 1.29 is 9.50 Å². The number of rotatable bonds is 2. The van der Waals surface area contributed by atoms with Crippen LogP contribution in [0.3, 0.4) is 0 Å². The zero-order valence-corrected chi connectivity index (χ0v) is 12.5. The lowest BCUT2D eigenvalue weighted by molar-refractivity contribution is -0.0359. The van der Waals surface area contributed by atoms with Crippen molar-refractivity contribution in [3.63, 3.8) is 0 Å². The van der Waals surface area contributed by atoms with Crippen molar-refractivity contribution in [3.8, 4) is 0 Å². The van der Waals surface area contributed by atoms with Crippen molar-refractivity contribution in [3.05, 3.63) is 34.1 Å². The fourth-order valence-electron chi connectivity index (χ4n) is 3.51. The van der Waals surface area contributed by atoms with Gasteiger partial charge < -0.3 is 10.0 Å². The van der Waals surface area contributed by atoms with Crippen LogP contribution in [0.15, 0.2) is 22.7 Å². The molecule has 4 heteroatoms. The molecule has 1 aromatic rings. The van der Waals surface area contributed by atoms with Gasteiger partial charge in [0.15, 0.2) is 0 Å². The lowest BCUT2D eigenvalue weighted by Gasteiger charge is -2.41. The van der Waals surface area contributed by atoms with Crippen molar-refractivity contribution in [2.75, 3.05) is 13.1 Å². The van der Waals surface area contributed by atoms with Gasteiger partial charge in [0, 0.05) is 23.5 Å². The van der Waals surface area contributed by atoms with Gasteiger partial charge in [0.05, 0.1) is 5.60 Å². The van der Waals surface area contributed by atoms with Gasteiger partial charge in [-0.2, -0.15) is 0 Å². The average molecular weight is 328 g/mol. The Hall–Kier alpha value is -0.450. The van der Waals surface area contributed by atoms with Crippen LogP contribution >= 0.6 is 15.9 Å². The molecule has 2 saturated heterocycles. The molecule has 0 spiro atoms. The minimum absolute atomic E-state index is 0.217. The van der Waals surface area contributed by atoms with E-state index in [1.807, 2.05) is 0 Å². The second-order valence-electron chi connectivity index (χ2n) is 5.92. The maximum absolute atomic E-state index is 13.8. The molecule has 0 radical (unpaired) electrons. The van der Waals surface area contributed by atoms with E-state index >= 15 is 0 Å². The van der Waals surface area contributed by atoms with E-state index in [1.54, 1.807) is 12.1 Å². The molecule has 0 bridgehead atoms. The molecule has 3 rings (SSSR count). The number of hydrogen-bond donors (Lipinski definition) is 1. The van der Waals surface area contributed by atoms with E-state index in [-0.39, 0.29) is 5.82 Å². The first-order valence-corrected chi connectivity index (χ1v) is 7.75. The minimum Gasteiger partial charge on any atom is -0.389 e. The summed E-state index contributed by atoms with van der Waals surface area (Å²) in [6, 6.07) is 5.44. The number of halogens is 2. The Morgan fingerprint density at radius 3 is 3.11 bits per heavy atom. The van der Waals surface area contributed by atoms with Crippen molar-refractivity contribution in [2.24, 2.45) is 0 Å². The summed E-state index contributed by atoms with van der Waals surface area (Å²) in [6.45, 7) is 2.10. The summed E-state index contributed by atoms with van der Waals surface area (Å²) in [5, 5.41) is 10.8. The van der Waals surface area contributed by atoms with Crippen molar-refractivity contribution >= 4 is 15.9 Å². The van der Waals surface area contributed by atoms with E-state index in [4.69, 9.17) is 0 Å². The first-order valence-electron chi connectivity index (χ1n) is 6.96. The summed E-state index contributed by atoms with van der Waals surface area (Å²) < 4.78 is 14.7. The number of hydrogen-bond acceptors (Lipinski definition) is 2. The lowest BCUT2D eigenvalue weighted by atomic mass is 9.82. The Kier molecular flexibility index (Phi) is 3.67. The van der Waals surface area contributed by atoms with Gasteiger partial charge in [0.2, 0.25) is 0 Å². The predicted molar refractivity (Wildman–Crippen MR) is 76.6 cm³/mol. The van der Waals surface area contributed by atoms with Crippen LogP contribution in [0.5, 0.6) is 0 Å². The van der Waals surface area contributed by atoms with Gasteiger partial charge in [-0.25, -0.2) is 4.39 Å². The fourth-order valence-corrected chi connectivity index (χ4v) is 3.92. The molecule has 0 amide bonds. The average Bonchev–Trinajstić information content (AvgIpc) is 2.80. The molecule has 0 aliphatic carbocycles. The van der Waals surface area contributed by atoms with E-state index < -0.39 is 5.60 Å². The van der Waals surface area contributed by atoms with Crippen LogP contribution in [0.2, 0.25) is 0 Å². The quantitative estimate of drug-likeness (QED) is 0.902. The third-order valence-corrected chi connectivity index (χ3v) is 5.00. The maximum Gasteiger partial charge on any atom is 0.126 e. The number of nitrogens with zero attached hydrogens (tertiary/aromatic N) is 1. The van der Waals surface area contributed by atoms with E-state index in [1.165, 1.54) is 18.9 Å². The molecule has 1 N–H and O–H groups in total. The molecule has 2 nitrogen and oxygen atoms in total. The molecular formula is C15H19BrFNO. The number of fused-ring (bicyclic) bond motifs is 1. The topological polar surface area (TPSA) is 23.5 Å². The van der Waals surface area contributed by atoms with Gasteiger partial charge in [0.25, 0.3) is 0 Å². The normalized spacial score (nSPS) is 31.4. The predicted octanol–water partition coefficient (Wildman–Crippen LogP) is 3.12. The first kappa shape index (κ1) is 13.5. The molecule has 2 heterocycles. The summed E-state index contributed by atoms with van der Waals surface area (Å²) in [6.07, 6.45) is 4.34. The Bertz CT molecular complexity index is 481. The zero-order chi connectivity index (χ0) is 13.5. The van der Waals surface area contributed by atoms with Gasteiger partial charge in [-0.15, -0.1) is 0 Å². The van der Waals surface area contributed by atoms with Gasteiger partial charge in [-0.05, 0) is 56.0 Å². The first-order chi connectivity index (χ1) is 9.06. The summed E-state index contributed by atoms with van der Waals surface area (Å²) >= 11 is 3.37. The van der Waals surface area contributed by atoms with E-state index in [0.717, 1.165) is 30.4 Å². The Morgan fingerprint density at radius 2 is 2.26 bits per heavy atom. The molecule has 2 fully saturated rings. The molecule has 1 aromatic carbocycles. The Balaban J connectivity index is 1.76. The van der Waals surface area contributed by atoms with Gasteiger partial charge >= 0.3 is 0 Å². The van der Waals surface area contributed by atoms with Crippen LogP contribution in [0, 0.1) is 5.82 Å². The summed E-state index contributed by atoms with van der Waals surface area (Å²) in [5.41, 5.74) is -0.129. The second-order valence-corrected chi connectivity index (χ2v) is 6.84. The van der Waals surface area contributed by atoms with Crippen molar-refractivity contribution in [1.82, 2.24) is 4.90 Å². The highest BCUT2D eigenvalue weighted by molar-refractivity contribution is 9.10. The highest BCUT2D eigenvalue weighted by Gasteiger charge is 2.40. The molecular weight excluding hydrogens is 309 g/mol. The monoisotopic (exact) mass is 327 g/mol. The third kappa shape index (κ3) is 2.86. The molecule has 0 saturated carbocycles. The number of aliphatic hydroxyl groups is 1. The zero-order valence-electron chi connectivity index (χ0n) is 10.9. The molecule has 2 atom stereocenters. The maximum atomic E-state index is 13.8. The third-order valence-electron chi connectivity index (χ3n) is 4.51. The SMILES string of the molecule is OC1(Cc2cc(Br)ccc2F)CCN2CCCC2C1. The molecule has 19 heavy (non-hydrogen) atoms. The van der Waals surface area contributed by atoms with Crippen LogP contribution in [-0.2, 0) is 6.42 Å². The summed E-state index contributed by atoms with van der Waals surface area (Å²) in [5.74, 6) is -0.217. The van der Waals surface area contributed by atoms with Gasteiger partial charge in [0.1, 0.15) is 5.82 Å². The van der Waals surface area contributed by atoms with Crippen LogP contribution in [-0.4, -0.2) is 34.7 Å². The lowest BCUT2D eigenvalue weighted by Crippen LogP contribution is -2.48. The number of piperidine rings is 1. The second kappa shape index (κ2) is 5.15. The van der Waals surface area contributed by atoms with E-state index in [0.29, 0.717) is 18.0 Å². The highest BCUT2D eigenvalue weighted by Crippen LogP contribution is 2.35. The number of benzene rings is 1. The van der Waals surface area contributed by atoms with Crippen molar-refractivity contribution in [2.45, 2.75) is 43.7 Å². The van der Waals surface area contributed by atoms with Crippen LogP contribution in [0.4, 0.5) is 4.39 Å². The fraction of sp³-hybridized carbons (Fsp3) is 0.600. The summed E-state index contributed by atoms with van der Waals surface area (Å²) in [7, 11) is 0. The van der Waals surface area contributed by atoms with Crippen LogP contribution in [0.25, 0.3) is 0 Å². The summed E-state index contributed by atoms with van der Waals surface area (Å²) in [4.78, 5) is 2.46. The molecule has 2 aliphatic rings. The molecule has 2 unspecified atom stereocenters. The Labute approximate surface area is 121 Å². The van der Waals surface area contributed by atoms with Gasteiger partial charge in [-0.1, -0.05) is 15.9 Å². The molecule has 104 valence electrons. The minimum atomic E-state index is -0.743. The van der Waals surface area contributed by atoms with Crippen LogP contribution < -0.4 is 0 Å². The highest BCUT2D eigenvalue weighted by atomic mass is 79.9. The van der Waals surface area contributed by atoms with E-state index in [9.17, 15) is 9.50 Å². The molecule has 2 aliphatic heterocycles. The van der Waals surface area contributed by atoms with Crippen molar-refractivity contribution in [1.29, 1.82) is 0 Å².